The first kappa shape index (κ1) is 13.3. The van der Waals surface area contributed by atoms with E-state index in [2.05, 4.69) is 65.8 Å². The van der Waals surface area contributed by atoms with Gasteiger partial charge < -0.3 is 0 Å². The number of rotatable bonds is 2. The van der Waals surface area contributed by atoms with Gasteiger partial charge >= 0.3 is 0 Å². The van der Waals surface area contributed by atoms with Crippen LogP contribution in [0.25, 0.3) is 0 Å². The molecule has 1 rings (SSSR count). The number of aryl methyl sites for hydroxylation is 1. The Morgan fingerprint density at radius 3 is 1.94 bits per heavy atom. The molecule has 0 saturated heterocycles. The zero-order valence-corrected chi connectivity index (χ0v) is 11.7. The molecule has 0 saturated carbocycles. The van der Waals surface area contributed by atoms with Gasteiger partial charge in [-0.3, -0.25) is 0 Å². The normalized spacial score (nSPS) is 12.9. The molecule has 16 heavy (non-hydrogen) atoms. The molecule has 0 aliphatic rings. The Morgan fingerprint density at radius 1 is 0.875 bits per heavy atom. The maximum atomic E-state index is 2.31. The number of hydrogen-bond acceptors (Lipinski definition) is 0. The van der Waals surface area contributed by atoms with Gasteiger partial charge in [-0.25, -0.2) is 0 Å². The monoisotopic (exact) mass is 218 g/mol. The largest absolute Gasteiger partial charge is 0.0620 e. The molecule has 1 aromatic carbocycles. The highest BCUT2D eigenvalue weighted by molar-refractivity contribution is 5.32. The highest BCUT2D eigenvalue weighted by Gasteiger charge is 2.18. The van der Waals surface area contributed by atoms with Gasteiger partial charge in [0.2, 0.25) is 0 Å². The van der Waals surface area contributed by atoms with E-state index in [9.17, 15) is 0 Å². The van der Waals surface area contributed by atoms with Crippen molar-refractivity contribution in [1.82, 2.24) is 0 Å². The quantitative estimate of drug-likeness (QED) is 0.658. The van der Waals surface area contributed by atoms with Crippen LogP contribution in [0.4, 0.5) is 0 Å². The van der Waals surface area contributed by atoms with Gasteiger partial charge in [0.05, 0.1) is 0 Å². The Morgan fingerprint density at radius 2 is 1.44 bits per heavy atom. The zero-order valence-electron chi connectivity index (χ0n) is 11.7. The van der Waals surface area contributed by atoms with E-state index in [1.807, 2.05) is 0 Å². The molecule has 0 heterocycles. The molecule has 0 heteroatoms. The molecule has 0 N–H and O–H groups in total. The third kappa shape index (κ3) is 4.00. The second kappa shape index (κ2) is 4.61. The SMILES string of the molecule is CC(C)(C)CCc1ccccc1C(C)(C)C. The lowest BCUT2D eigenvalue weighted by Crippen LogP contribution is -2.15. The Bertz CT molecular complexity index is 334. The van der Waals surface area contributed by atoms with Crippen LogP contribution in [0, 0.1) is 5.41 Å². The molecular weight excluding hydrogens is 192 g/mol. The first-order valence-electron chi connectivity index (χ1n) is 6.28. The first-order chi connectivity index (χ1) is 7.20. The molecule has 0 radical (unpaired) electrons. The maximum absolute atomic E-state index is 2.31. The van der Waals surface area contributed by atoms with Crippen molar-refractivity contribution >= 4 is 0 Å². The summed E-state index contributed by atoms with van der Waals surface area (Å²) < 4.78 is 0. The first-order valence-corrected chi connectivity index (χ1v) is 6.28. The van der Waals surface area contributed by atoms with Gasteiger partial charge in [-0.05, 0) is 34.8 Å². The summed E-state index contributed by atoms with van der Waals surface area (Å²) in [5.74, 6) is 0. The molecule has 0 amide bonds. The minimum absolute atomic E-state index is 0.258. The average molecular weight is 218 g/mol. The molecule has 0 nitrogen and oxygen atoms in total. The van der Waals surface area contributed by atoms with Crippen LogP contribution in [0.3, 0.4) is 0 Å². The van der Waals surface area contributed by atoms with Crippen LogP contribution < -0.4 is 0 Å². The van der Waals surface area contributed by atoms with Crippen LogP contribution in [0.15, 0.2) is 24.3 Å². The Hall–Kier alpha value is -0.780. The van der Waals surface area contributed by atoms with Crippen LogP contribution in [-0.4, -0.2) is 0 Å². The van der Waals surface area contributed by atoms with Crippen molar-refractivity contribution in [2.45, 2.75) is 59.8 Å². The van der Waals surface area contributed by atoms with Crippen molar-refractivity contribution in [3.8, 4) is 0 Å². The van der Waals surface area contributed by atoms with E-state index < -0.39 is 0 Å². The van der Waals surface area contributed by atoms with Crippen molar-refractivity contribution in [3.05, 3.63) is 35.4 Å². The lowest BCUT2D eigenvalue weighted by atomic mass is 9.80. The summed E-state index contributed by atoms with van der Waals surface area (Å²) in [7, 11) is 0. The zero-order chi connectivity index (χ0) is 12.4. The smallest absolute Gasteiger partial charge is 0.0129 e. The van der Waals surface area contributed by atoms with Crippen molar-refractivity contribution in [2.24, 2.45) is 5.41 Å². The lowest BCUT2D eigenvalue weighted by Gasteiger charge is -2.25. The minimum Gasteiger partial charge on any atom is -0.0620 e. The minimum atomic E-state index is 0.258. The van der Waals surface area contributed by atoms with Crippen LogP contribution in [0.2, 0.25) is 0 Å². The molecule has 0 aromatic heterocycles. The van der Waals surface area contributed by atoms with Crippen molar-refractivity contribution in [1.29, 1.82) is 0 Å². The highest BCUT2D eigenvalue weighted by Crippen LogP contribution is 2.29. The molecule has 1 aromatic rings. The standard InChI is InChI=1S/C16H26/c1-15(2,3)12-11-13-9-7-8-10-14(13)16(4,5)6/h7-10H,11-12H2,1-6H3. The topological polar surface area (TPSA) is 0 Å². The van der Waals surface area contributed by atoms with Gasteiger partial charge in [0.1, 0.15) is 0 Å². The summed E-state index contributed by atoms with van der Waals surface area (Å²) in [5, 5.41) is 0. The van der Waals surface area contributed by atoms with E-state index in [0.29, 0.717) is 5.41 Å². The second-order valence-electron chi connectivity index (χ2n) is 6.97. The van der Waals surface area contributed by atoms with Crippen molar-refractivity contribution < 1.29 is 0 Å². The lowest BCUT2D eigenvalue weighted by molar-refractivity contribution is 0.376. The van der Waals surface area contributed by atoms with Gasteiger partial charge in [0.15, 0.2) is 0 Å². The molecule has 0 aliphatic carbocycles. The van der Waals surface area contributed by atoms with E-state index in [-0.39, 0.29) is 5.41 Å². The summed E-state index contributed by atoms with van der Waals surface area (Å²) in [4.78, 5) is 0. The van der Waals surface area contributed by atoms with Crippen molar-refractivity contribution in [3.63, 3.8) is 0 Å². The van der Waals surface area contributed by atoms with Crippen LogP contribution >= 0.6 is 0 Å². The third-order valence-electron chi connectivity index (χ3n) is 2.97. The van der Waals surface area contributed by atoms with E-state index in [0.717, 1.165) is 0 Å². The Labute approximate surface area is 101 Å². The summed E-state index contributed by atoms with van der Waals surface area (Å²) in [6.07, 6.45) is 2.44. The van der Waals surface area contributed by atoms with Crippen LogP contribution in [-0.2, 0) is 11.8 Å². The fourth-order valence-electron chi connectivity index (χ4n) is 1.98. The predicted octanol–water partition coefficient (Wildman–Crippen LogP) is 4.96. The summed E-state index contributed by atoms with van der Waals surface area (Å²) >= 11 is 0. The molecule has 0 bridgehead atoms. The molecule has 0 fully saturated rings. The summed E-state index contributed by atoms with van der Waals surface area (Å²) in [6.45, 7) is 13.8. The molecule has 0 unspecified atom stereocenters. The van der Waals surface area contributed by atoms with Gasteiger partial charge in [-0.15, -0.1) is 0 Å². The molecule has 0 aliphatic heterocycles. The van der Waals surface area contributed by atoms with E-state index >= 15 is 0 Å². The van der Waals surface area contributed by atoms with Gasteiger partial charge in [0, 0.05) is 0 Å². The fourth-order valence-corrected chi connectivity index (χ4v) is 1.98. The van der Waals surface area contributed by atoms with Gasteiger partial charge in [0.25, 0.3) is 0 Å². The van der Waals surface area contributed by atoms with E-state index in [1.54, 1.807) is 0 Å². The average Bonchev–Trinajstić information content (AvgIpc) is 2.12. The van der Waals surface area contributed by atoms with Crippen LogP contribution in [0.1, 0.15) is 59.1 Å². The second-order valence-corrected chi connectivity index (χ2v) is 6.97. The van der Waals surface area contributed by atoms with Gasteiger partial charge in [-0.2, -0.15) is 0 Å². The maximum Gasteiger partial charge on any atom is -0.0129 e. The van der Waals surface area contributed by atoms with E-state index in [4.69, 9.17) is 0 Å². The fraction of sp³-hybridized carbons (Fsp3) is 0.625. The molecular formula is C16H26. The summed E-state index contributed by atoms with van der Waals surface area (Å²) in [6, 6.07) is 8.87. The number of hydrogen-bond donors (Lipinski definition) is 0. The Balaban J connectivity index is 2.88. The van der Waals surface area contributed by atoms with E-state index in [1.165, 1.54) is 24.0 Å². The third-order valence-corrected chi connectivity index (χ3v) is 2.97. The predicted molar refractivity (Wildman–Crippen MR) is 72.9 cm³/mol. The highest BCUT2D eigenvalue weighted by atomic mass is 14.2. The molecule has 0 spiro atoms. The van der Waals surface area contributed by atoms with Crippen LogP contribution in [0.5, 0.6) is 0 Å². The number of benzene rings is 1. The van der Waals surface area contributed by atoms with Crippen molar-refractivity contribution in [2.75, 3.05) is 0 Å². The molecule has 0 atom stereocenters. The molecule has 90 valence electrons. The Kier molecular flexibility index (Phi) is 3.83. The summed E-state index contributed by atoms with van der Waals surface area (Å²) in [5.41, 5.74) is 3.70. The van der Waals surface area contributed by atoms with Gasteiger partial charge in [-0.1, -0.05) is 65.8 Å².